The molecule has 0 aliphatic heterocycles. The molecule has 0 heterocycles. The second-order valence-electron chi connectivity index (χ2n) is 7.43. The SMILES string of the molecule is CC1CCC(C=CCOCC=CC2CCC(C)CC2)CC1. The molecule has 0 spiro atoms. The van der Waals surface area contributed by atoms with Crippen molar-refractivity contribution >= 4 is 0 Å². The molecular formula is C20H34O. The van der Waals surface area contributed by atoms with E-state index in [0.29, 0.717) is 0 Å². The Morgan fingerprint density at radius 3 is 1.43 bits per heavy atom. The third-order valence-corrected chi connectivity index (χ3v) is 5.37. The largest absolute Gasteiger partial charge is 0.373 e. The summed E-state index contributed by atoms with van der Waals surface area (Å²) in [5.74, 6) is 3.51. The van der Waals surface area contributed by atoms with Crippen LogP contribution in [0.2, 0.25) is 0 Å². The molecule has 0 aromatic carbocycles. The van der Waals surface area contributed by atoms with Crippen LogP contribution in [-0.2, 0) is 4.74 Å². The van der Waals surface area contributed by atoms with Crippen molar-refractivity contribution in [1.82, 2.24) is 0 Å². The third kappa shape index (κ3) is 6.82. The summed E-state index contributed by atoms with van der Waals surface area (Å²) in [6.45, 7) is 6.31. The molecule has 21 heavy (non-hydrogen) atoms. The summed E-state index contributed by atoms with van der Waals surface area (Å²) in [6.07, 6.45) is 20.3. The quantitative estimate of drug-likeness (QED) is 0.446. The van der Waals surface area contributed by atoms with Crippen LogP contribution in [0.4, 0.5) is 0 Å². The molecule has 0 saturated heterocycles. The third-order valence-electron chi connectivity index (χ3n) is 5.37. The van der Waals surface area contributed by atoms with E-state index in [-0.39, 0.29) is 0 Å². The van der Waals surface area contributed by atoms with Crippen molar-refractivity contribution in [2.75, 3.05) is 13.2 Å². The highest BCUT2D eigenvalue weighted by atomic mass is 16.5. The fraction of sp³-hybridized carbons (Fsp3) is 0.800. The second kappa shape index (κ2) is 9.46. The van der Waals surface area contributed by atoms with E-state index in [0.717, 1.165) is 36.9 Å². The normalized spacial score (nSPS) is 34.8. The topological polar surface area (TPSA) is 9.23 Å². The van der Waals surface area contributed by atoms with Gasteiger partial charge in [-0.05, 0) is 49.4 Å². The molecule has 1 nitrogen and oxygen atoms in total. The van der Waals surface area contributed by atoms with Crippen LogP contribution < -0.4 is 0 Å². The molecule has 0 aromatic rings. The van der Waals surface area contributed by atoms with Gasteiger partial charge >= 0.3 is 0 Å². The highest BCUT2D eigenvalue weighted by Gasteiger charge is 2.16. The van der Waals surface area contributed by atoms with Crippen molar-refractivity contribution in [1.29, 1.82) is 0 Å². The van der Waals surface area contributed by atoms with Crippen LogP contribution in [0.15, 0.2) is 24.3 Å². The van der Waals surface area contributed by atoms with Gasteiger partial charge in [-0.25, -0.2) is 0 Å². The predicted octanol–water partition coefficient (Wildman–Crippen LogP) is 5.77. The van der Waals surface area contributed by atoms with Crippen LogP contribution in [0.3, 0.4) is 0 Å². The molecule has 2 aliphatic carbocycles. The molecule has 2 fully saturated rings. The lowest BCUT2D eigenvalue weighted by atomic mass is 9.83. The molecule has 1 heteroatoms. The summed E-state index contributed by atoms with van der Waals surface area (Å²) in [5, 5.41) is 0. The highest BCUT2D eigenvalue weighted by molar-refractivity contribution is 4.92. The molecule has 0 amide bonds. The van der Waals surface area contributed by atoms with E-state index in [2.05, 4.69) is 38.2 Å². The molecule has 0 N–H and O–H groups in total. The monoisotopic (exact) mass is 290 g/mol. The lowest BCUT2D eigenvalue weighted by Crippen LogP contribution is -2.10. The minimum atomic E-state index is 0.776. The Morgan fingerprint density at radius 2 is 1.05 bits per heavy atom. The summed E-state index contributed by atoms with van der Waals surface area (Å²) < 4.78 is 5.68. The van der Waals surface area contributed by atoms with E-state index in [4.69, 9.17) is 4.74 Å². The van der Waals surface area contributed by atoms with Crippen LogP contribution in [0, 0.1) is 23.7 Å². The van der Waals surface area contributed by atoms with Crippen LogP contribution in [0.1, 0.15) is 65.2 Å². The van der Waals surface area contributed by atoms with E-state index in [9.17, 15) is 0 Å². The molecule has 2 saturated carbocycles. The fourth-order valence-corrected chi connectivity index (χ4v) is 3.66. The van der Waals surface area contributed by atoms with Crippen molar-refractivity contribution in [3.63, 3.8) is 0 Å². The number of allylic oxidation sites excluding steroid dienone is 2. The summed E-state index contributed by atoms with van der Waals surface area (Å²) >= 11 is 0. The molecular weight excluding hydrogens is 256 g/mol. The maximum Gasteiger partial charge on any atom is 0.0651 e. The van der Waals surface area contributed by atoms with Gasteiger partial charge in [-0.2, -0.15) is 0 Å². The Hall–Kier alpha value is -0.560. The van der Waals surface area contributed by atoms with Gasteiger partial charge < -0.3 is 4.74 Å². The molecule has 120 valence electrons. The zero-order valence-corrected chi connectivity index (χ0v) is 14.1. The van der Waals surface area contributed by atoms with Gasteiger partial charge in [-0.15, -0.1) is 0 Å². The first-order valence-electron chi connectivity index (χ1n) is 9.15. The Morgan fingerprint density at radius 1 is 0.667 bits per heavy atom. The Bertz CT molecular complexity index is 283. The number of rotatable bonds is 6. The predicted molar refractivity (Wildman–Crippen MR) is 91.3 cm³/mol. The van der Waals surface area contributed by atoms with Crippen LogP contribution in [0.5, 0.6) is 0 Å². The van der Waals surface area contributed by atoms with Crippen molar-refractivity contribution in [3.8, 4) is 0 Å². The average Bonchev–Trinajstić information content (AvgIpc) is 2.50. The van der Waals surface area contributed by atoms with Gasteiger partial charge in [-0.3, -0.25) is 0 Å². The lowest BCUT2D eigenvalue weighted by molar-refractivity contribution is 0.192. The molecule has 0 unspecified atom stereocenters. The summed E-state index contributed by atoms with van der Waals surface area (Å²) in [4.78, 5) is 0. The highest BCUT2D eigenvalue weighted by Crippen LogP contribution is 2.29. The standard InChI is InChI=1S/C20H34O/c1-17-7-11-19(12-8-17)5-3-15-21-16-4-6-20-13-9-18(2)10-14-20/h3-6,17-20H,7-16H2,1-2H3. The van der Waals surface area contributed by atoms with Gasteiger partial charge in [0.2, 0.25) is 0 Å². The number of ether oxygens (including phenoxy) is 1. The minimum absolute atomic E-state index is 0.776. The smallest absolute Gasteiger partial charge is 0.0651 e. The van der Waals surface area contributed by atoms with Gasteiger partial charge in [0.1, 0.15) is 0 Å². The van der Waals surface area contributed by atoms with E-state index >= 15 is 0 Å². The Kier molecular flexibility index (Phi) is 7.57. The first-order chi connectivity index (χ1) is 10.2. The van der Waals surface area contributed by atoms with Gasteiger partial charge in [0.05, 0.1) is 13.2 Å². The first-order valence-corrected chi connectivity index (χ1v) is 9.15. The zero-order valence-electron chi connectivity index (χ0n) is 14.1. The molecule has 0 radical (unpaired) electrons. The first kappa shape index (κ1) is 16.8. The van der Waals surface area contributed by atoms with E-state index in [1.165, 1.54) is 51.4 Å². The average molecular weight is 290 g/mol. The van der Waals surface area contributed by atoms with Gasteiger partial charge in [0, 0.05) is 0 Å². The molecule has 2 rings (SSSR count). The minimum Gasteiger partial charge on any atom is -0.373 e. The zero-order chi connectivity index (χ0) is 14.9. The van der Waals surface area contributed by atoms with E-state index in [1.54, 1.807) is 0 Å². The van der Waals surface area contributed by atoms with Crippen molar-refractivity contribution in [3.05, 3.63) is 24.3 Å². The van der Waals surface area contributed by atoms with Crippen molar-refractivity contribution in [2.24, 2.45) is 23.7 Å². The maximum absolute atomic E-state index is 5.68. The summed E-state index contributed by atoms with van der Waals surface area (Å²) in [5.41, 5.74) is 0. The summed E-state index contributed by atoms with van der Waals surface area (Å²) in [6, 6.07) is 0. The molecule has 0 bridgehead atoms. The molecule has 0 aromatic heterocycles. The second-order valence-corrected chi connectivity index (χ2v) is 7.43. The maximum atomic E-state index is 5.68. The van der Waals surface area contributed by atoms with Crippen LogP contribution >= 0.6 is 0 Å². The van der Waals surface area contributed by atoms with Gasteiger partial charge in [-0.1, -0.05) is 63.8 Å². The van der Waals surface area contributed by atoms with Crippen LogP contribution in [-0.4, -0.2) is 13.2 Å². The summed E-state index contributed by atoms with van der Waals surface area (Å²) in [7, 11) is 0. The number of hydrogen-bond donors (Lipinski definition) is 0. The Balaban J connectivity index is 1.49. The van der Waals surface area contributed by atoms with Crippen molar-refractivity contribution in [2.45, 2.75) is 65.2 Å². The fourth-order valence-electron chi connectivity index (χ4n) is 3.66. The lowest BCUT2D eigenvalue weighted by Gasteiger charge is -2.23. The van der Waals surface area contributed by atoms with Crippen molar-refractivity contribution < 1.29 is 4.74 Å². The molecule has 0 atom stereocenters. The number of hydrogen-bond acceptors (Lipinski definition) is 1. The van der Waals surface area contributed by atoms with E-state index in [1.807, 2.05) is 0 Å². The van der Waals surface area contributed by atoms with E-state index < -0.39 is 0 Å². The van der Waals surface area contributed by atoms with Crippen LogP contribution in [0.25, 0.3) is 0 Å². The van der Waals surface area contributed by atoms with Gasteiger partial charge in [0.25, 0.3) is 0 Å². The Labute approximate surface area is 131 Å². The molecule has 2 aliphatic rings. The van der Waals surface area contributed by atoms with Gasteiger partial charge in [0.15, 0.2) is 0 Å².